The van der Waals surface area contributed by atoms with Gasteiger partial charge in [-0.2, -0.15) is 5.10 Å². The topological polar surface area (TPSA) is 53.8 Å². The minimum Gasteiger partial charge on any atom is -0.384 e. The van der Waals surface area contributed by atoms with E-state index in [4.69, 9.17) is 11.6 Å². The maximum atomic E-state index is 10.5. The Hall–Kier alpha value is -3.34. The summed E-state index contributed by atoms with van der Waals surface area (Å²) in [4.78, 5) is 3.23. The van der Waals surface area contributed by atoms with Gasteiger partial charge < -0.3 is 10.1 Å². The van der Waals surface area contributed by atoms with Gasteiger partial charge in [0.25, 0.3) is 0 Å². The van der Waals surface area contributed by atoms with E-state index >= 15 is 0 Å². The van der Waals surface area contributed by atoms with Gasteiger partial charge in [-0.25, -0.2) is 4.68 Å². The van der Waals surface area contributed by atoms with E-state index in [2.05, 4.69) is 58.6 Å². The molecule has 0 saturated carbocycles. The van der Waals surface area contributed by atoms with Crippen molar-refractivity contribution in [2.45, 2.75) is 19.4 Å². The first-order valence-corrected chi connectivity index (χ1v) is 10.5. The number of fused-ring (bicyclic) bond motifs is 1. The normalized spacial score (nSPS) is 11.9. The lowest BCUT2D eigenvalue weighted by molar-refractivity contribution is 0.0734. The second-order valence-electron chi connectivity index (χ2n) is 8.19. The van der Waals surface area contributed by atoms with Crippen LogP contribution in [0.2, 0.25) is 5.02 Å². The number of rotatable bonds is 4. The molecule has 0 radical (unpaired) electrons. The maximum absolute atomic E-state index is 10.5. The minimum atomic E-state index is -1.06. The second kappa shape index (κ2) is 7.41. The van der Waals surface area contributed by atoms with Gasteiger partial charge in [-0.3, -0.25) is 0 Å². The van der Waals surface area contributed by atoms with Crippen LogP contribution in [0.1, 0.15) is 19.5 Å². The largest absolute Gasteiger partial charge is 0.384 e. The van der Waals surface area contributed by atoms with Crippen LogP contribution in [0.3, 0.4) is 0 Å². The SMILES string of the molecule is CC(C)(O)c1cc(-c2ccc(-c3ccc4[nH]ccc4c3)cc2)n(-c2ccccc2Cl)n1. The highest BCUT2D eigenvalue weighted by Gasteiger charge is 2.23. The number of aromatic amines is 1. The summed E-state index contributed by atoms with van der Waals surface area (Å²) >= 11 is 6.46. The van der Waals surface area contributed by atoms with Crippen molar-refractivity contribution in [2.75, 3.05) is 0 Å². The number of benzene rings is 3. The highest BCUT2D eigenvalue weighted by molar-refractivity contribution is 6.32. The summed E-state index contributed by atoms with van der Waals surface area (Å²) < 4.78 is 1.80. The Morgan fingerprint density at radius 3 is 2.32 bits per heavy atom. The number of H-pyrrole nitrogens is 1. The van der Waals surface area contributed by atoms with Crippen molar-refractivity contribution in [2.24, 2.45) is 0 Å². The third-order valence-corrected chi connectivity index (χ3v) is 5.80. The third-order valence-electron chi connectivity index (χ3n) is 5.48. The van der Waals surface area contributed by atoms with Crippen molar-refractivity contribution in [1.82, 2.24) is 14.8 Å². The molecule has 2 N–H and O–H groups in total. The van der Waals surface area contributed by atoms with Crippen LogP contribution in [-0.4, -0.2) is 19.9 Å². The van der Waals surface area contributed by atoms with Crippen molar-refractivity contribution in [3.8, 4) is 28.1 Å². The Labute approximate surface area is 185 Å². The van der Waals surface area contributed by atoms with E-state index in [-0.39, 0.29) is 0 Å². The van der Waals surface area contributed by atoms with E-state index in [1.807, 2.05) is 36.5 Å². The maximum Gasteiger partial charge on any atom is 0.103 e. The monoisotopic (exact) mass is 427 g/mol. The van der Waals surface area contributed by atoms with E-state index < -0.39 is 5.60 Å². The van der Waals surface area contributed by atoms with Crippen molar-refractivity contribution in [3.05, 3.63) is 95.8 Å². The van der Waals surface area contributed by atoms with Crippen LogP contribution >= 0.6 is 11.6 Å². The molecule has 0 bridgehead atoms. The fourth-order valence-corrected chi connectivity index (χ4v) is 3.97. The molecule has 0 unspecified atom stereocenters. The van der Waals surface area contributed by atoms with E-state index in [0.717, 1.165) is 33.6 Å². The zero-order chi connectivity index (χ0) is 21.6. The Balaban J connectivity index is 1.59. The number of hydrogen-bond acceptors (Lipinski definition) is 2. The van der Waals surface area contributed by atoms with Gasteiger partial charge >= 0.3 is 0 Å². The van der Waals surface area contributed by atoms with E-state index in [9.17, 15) is 5.11 Å². The Bertz CT molecular complexity index is 1370. The number of aromatic nitrogens is 3. The number of halogens is 1. The molecule has 0 aliphatic rings. The molecular weight excluding hydrogens is 406 g/mol. The molecule has 0 aliphatic heterocycles. The number of hydrogen-bond donors (Lipinski definition) is 2. The van der Waals surface area contributed by atoms with E-state index in [1.54, 1.807) is 18.5 Å². The van der Waals surface area contributed by atoms with Gasteiger partial charge in [-0.05, 0) is 66.8 Å². The first kappa shape index (κ1) is 19.6. The summed E-state index contributed by atoms with van der Waals surface area (Å²) in [5.74, 6) is 0. The summed E-state index contributed by atoms with van der Waals surface area (Å²) in [6.07, 6.45) is 1.95. The highest BCUT2D eigenvalue weighted by Crippen LogP contribution is 2.32. The molecule has 0 amide bonds. The quantitative estimate of drug-likeness (QED) is 0.341. The predicted molar refractivity (Wildman–Crippen MR) is 127 cm³/mol. The van der Waals surface area contributed by atoms with Gasteiger partial charge in [-0.1, -0.05) is 54.1 Å². The van der Waals surface area contributed by atoms with E-state index in [0.29, 0.717) is 10.7 Å². The molecule has 0 spiro atoms. The van der Waals surface area contributed by atoms with Gasteiger partial charge in [0.05, 0.1) is 22.1 Å². The average Bonchev–Trinajstić information content (AvgIpc) is 3.41. The molecule has 2 aromatic heterocycles. The summed E-state index contributed by atoms with van der Waals surface area (Å²) in [7, 11) is 0. The van der Waals surface area contributed by atoms with Gasteiger partial charge in [0, 0.05) is 17.3 Å². The molecule has 0 atom stereocenters. The van der Waals surface area contributed by atoms with Crippen molar-refractivity contribution >= 4 is 22.5 Å². The molecule has 5 heteroatoms. The summed E-state index contributed by atoms with van der Waals surface area (Å²) in [5.41, 5.74) is 5.60. The van der Waals surface area contributed by atoms with Gasteiger partial charge in [-0.15, -0.1) is 0 Å². The second-order valence-corrected chi connectivity index (χ2v) is 8.60. The number of nitrogens with zero attached hydrogens (tertiary/aromatic N) is 2. The van der Waals surface area contributed by atoms with Crippen molar-refractivity contribution in [1.29, 1.82) is 0 Å². The Morgan fingerprint density at radius 1 is 0.871 bits per heavy atom. The fourth-order valence-electron chi connectivity index (χ4n) is 3.76. The smallest absolute Gasteiger partial charge is 0.103 e. The highest BCUT2D eigenvalue weighted by atomic mass is 35.5. The molecule has 0 aliphatic carbocycles. The average molecular weight is 428 g/mol. The Kier molecular flexibility index (Phi) is 4.69. The molecule has 5 aromatic rings. The standard InChI is InChI=1S/C26H22ClN3O/c1-26(2,31)25-16-24(30(29-25)23-6-4-3-5-21(23)27)18-9-7-17(8-10-18)19-11-12-22-20(15-19)13-14-28-22/h3-16,28,31H,1-2H3. The summed E-state index contributed by atoms with van der Waals surface area (Å²) in [6.45, 7) is 3.46. The lowest BCUT2D eigenvalue weighted by Gasteiger charge is -2.13. The van der Waals surface area contributed by atoms with Crippen LogP contribution in [0.25, 0.3) is 39.0 Å². The van der Waals surface area contributed by atoms with Crippen LogP contribution in [0.5, 0.6) is 0 Å². The number of nitrogens with one attached hydrogen (secondary N) is 1. The molecule has 0 saturated heterocycles. The molecular formula is C26H22ClN3O. The number of aliphatic hydroxyl groups is 1. The third kappa shape index (κ3) is 3.65. The van der Waals surface area contributed by atoms with Crippen LogP contribution in [0.4, 0.5) is 0 Å². The zero-order valence-corrected chi connectivity index (χ0v) is 18.1. The predicted octanol–water partition coefficient (Wildman–Crippen LogP) is 6.57. The Morgan fingerprint density at radius 2 is 1.58 bits per heavy atom. The fraction of sp³-hybridized carbons (Fsp3) is 0.115. The molecule has 154 valence electrons. The van der Waals surface area contributed by atoms with E-state index in [1.165, 1.54) is 5.39 Å². The number of para-hydroxylation sites is 1. The molecule has 4 nitrogen and oxygen atoms in total. The first-order chi connectivity index (χ1) is 14.9. The minimum absolute atomic E-state index is 0.587. The summed E-state index contributed by atoms with van der Waals surface area (Å²) in [5, 5.41) is 17.0. The molecule has 2 heterocycles. The lowest BCUT2D eigenvalue weighted by Crippen LogP contribution is -2.16. The lowest BCUT2D eigenvalue weighted by atomic mass is 10.0. The molecule has 3 aromatic carbocycles. The van der Waals surface area contributed by atoms with Gasteiger partial charge in [0.15, 0.2) is 0 Å². The van der Waals surface area contributed by atoms with Crippen LogP contribution < -0.4 is 0 Å². The van der Waals surface area contributed by atoms with Gasteiger partial charge in [0.1, 0.15) is 5.60 Å². The zero-order valence-electron chi connectivity index (χ0n) is 17.3. The molecule has 5 rings (SSSR count). The van der Waals surface area contributed by atoms with Crippen LogP contribution in [0, 0.1) is 0 Å². The van der Waals surface area contributed by atoms with Crippen LogP contribution in [-0.2, 0) is 5.60 Å². The molecule has 0 fully saturated rings. The van der Waals surface area contributed by atoms with Crippen LogP contribution in [0.15, 0.2) is 85.1 Å². The first-order valence-electron chi connectivity index (χ1n) is 10.2. The van der Waals surface area contributed by atoms with Gasteiger partial charge in [0.2, 0.25) is 0 Å². The van der Waals surface area contributed by atoms with Crippen molar-refractivity contribution in [3.63, 3.8) is 0 Å². The summed E-state index contributed by atoms with van der Waals surface area (Å²) in [6, 6.07) is 26.4. The van der Waals surface area contributed by atoms with Crippen molar-refractivity contribution < 1.29 is 5.11 Å². The molecule has 31 heavy (non-hydrogen) atoms.